The first kappa shape index (κ1) is 13.8. The molecule has 0 saturated heterocycles. The van der Waals surface area contributed by atoms with E-state index in [4.69, 9.17) is 0 Å². The third-order valence-electron chi connectivity index (χ3n) is 3.57. The van der Waals surface area contributed by atoms with Gasteiger partial charge in [-0.1, -0.05) is 36.8 Å². The highest BCUT2D eigenvalue weighted by Gasteiger charge is 2.17. The summed E-state index contributed by atoms with van der Waals surface area (Å²) in [6.45, 7) is 8.83. The summed E-state index contributed by atoms with van der Waals surface area (Å²) in [4.78, 5) is 0. The van der Waals surface area contributed by atoms with Crippen LogP contribution in [0.1, 0.15) is 47.5 Å². The molecule has 0 aliphatic carbocycles. The van der Waals surface area contributed by atoms with Gasteiger partial charge in [0.25, 0.3) is 0 Å². The van der Waals surface area contributed by atoms with Gasteiger partial charge in [-0.15, -0.1) is 0 Å². The molecule has 1 aromatic carbocycles. The summed E-state index contributed by atoms with van der Waals surface area (Å²) in [7, 11) is 0. The number of hydrogen-bond donors (Lipinski definition) is 1. The molecule has 19 heavy (non-hydrogen) atoms. The van der Waals surface area contributed by atoms with Crippen LogP contribution >= 0.6 is 0 Å². The zero-order chi connectivity index (χ0) is 14.0. The number of aryl methyl sites for hydroxylation is 2. The van der Waals surface area contributed by atoms with Crippen molar-refractivity contribution in [2.24, 2.45) is 0 Å². The van der Waals surface area contributed by atoms with Crippen molar-refractivity contribution in [3.05, 3.63) is 52.3 Å². The molecule has 1 heterocycles. The molecule has 0 spiro atoms. The second-order valence-electron chi connectivity index (χ2n) is 5.16. The number of aromatic nitrogens is 2. The lowest BCUT2D eigenvalue weighted by Gasteiger charge is -2.09. The summed E-state index contributed by atoms with van der Waals surface area (Å²) in [5.41, 5.74) is 5.47. The van der Waals surface area contributed by atoms with Gasteiger partial charge in [-0.05, 0) is 32.8 Å². The Hall–Kier alpha value is -1.61. The van der Waals surface area contributed by atoms with Gasteiger partial charge in [-0.3, -0.25) is 4.68 Å². The molecular formula is C16H22N2O. The van der Waals surface area contributed by atoms with Crippen molar-refractivity contribution in [2.75, 3.05) is 0 Å². The number of nitrogens with zero attached hydrogens (tertiary/aromatic N) is 2. The second kappa shape index (κ2) is 5.57. The third-order valence-corrected chi connectivity index (χ3v) is 3.57. The predicted octanol–water partition coefficient (Wildman–Crippen LogP) is 3.30. The van der Waals surface area contributed by atoms with Gasteiger partial charge in [0, 0.05) is 11.3 Å². The number of hydrogen-bond acceptors (Lipinski definition) is 2. The molecule has 2 rings (SSSR count). The molecule has 1 aromatic heterocycles. The van der Waals surface area contributed by atoms with E-state index in [2.05, 4.69) is 36.3 Å². The first-order valence-electron chi connectivity index (χ1n) is 6.80. The topological polar surface area (TPSA) is 38.1 Å². The lowest BCUT2D eigenvalue weighted by molar-refractivity contribution is 0.172. The maximum atomic E-state index is 10.1. The smallest absolute Gasteiger partial charge is 0.0823 e. The lowest BCUT2D eigenvalue weighted by Crippen LogP contribution is -2.05. The van der Waals surface area contributed by atoms with Crippen molar-refractivity contribution >= 4 is 0 Å². The van der Waals surface area contributed by atoms with Crippen LogP contribution in [0.3, 0.4) is 0 Å². The standard InChI is InChI=1S/C16H22N2O/c1-5-15(19)16-12(3)17-18(13(16)4)10-14-8-6-7-11(2)9-14/h6-9,15,19H,5,10H2,1-4H3. The van der Waals surface area contributed by atoms with E-state index in [0.29, 0.717) is 0 Å². The fraction of sp³-hybridized carbons (Fsp3) is 0.438. The van der Waals surface area contributed by atoms with Gasteiger partial charge in [0.05, 0.1) is 18.3 Å². The van der Waals surface area contributed by atoms with Crippen LogP contribution in [0.2, 0.25) is 0 Å². The minimum absolute atomic E-state index is 0.411. The van der Waals surface area contributed by atoms with Gasteiger partial charge in [0.2, 0.25) is 0 Å². The highest BCUT2D eigenvalue weighted by molar-refractivity contribution is 5.29. The Balaban J connectivity index is 2.32. The Morgan fingerprint density at radius 3 is 2.63 bits per heavy atom. The highest BCUT2D eigenvalue weighted by Crippen LogP contribution is 2.24. The van der Waals surface area contributed by atoms with Crippen LogP contribution in [-0.2, 0) is 6.54 Å². The summed E-state index contributed by atoms with van der Waals surface area (Å²) >= 11 is 0. The zero-order valence-electron chi connectivity index (χ0n) is 12.1. The van der Waals surface area contributed by atoms with Crippen LogP contribution in [0.5, 0.6) is 0 Å². The Kier molecular flexibility index (Phi) is 4.05. The van der Waals surface area contributed by atoms with E-state index >= 15 is 0 Å². The molecule has 0 radical (unpaired) electrons. The Morgan fingerprint density at radius 1 is 1.26 bits per heavy atom. The van der Waals surface area contributed by atoms with Gasteiger partial charge in [0.1, 0.15) is 0 Å². The van der Waals surface area contributed by atoms with E-state index in [-0.39, 0.29) is 0 Å². The van der Waals surface area contributed by atoms with Crippen molar-refractivity contribution in [3.63, 3.8) is 0 Å². The summed E-state index contributed by atoms with van der Waals surface area (Å²) in [5.74, 6) is 0. The fourth-order valence-electron chi connectivity index (χ4n) is 2.53. The van der Waals surface area contributed by atoms with Crippen molar-refractivity contribution in [3.8, 4) is 0 Å². The molecule has 0 aliphatic heterocycles. The van der Waals surface area contributed by atoms with Crippen molar-refractivity contribution in [1.82, 2.24) is 9.78 Å². The molecule has 0 bridgehead atoms. The molecule has 0 aliphatic rings. The number of rotatable bonds is 4. The van der Waals surface area contributed by atoms with Gasteiger partial charge >= 0.3 is 0 Å². The van der Waals surface area contributed by atoms with Crippen molar-refractivity contribution in [1.29, 1.82) is 0 Å². The largest absolute Gasteiger partial charge is 0.388 e. The average Bonchev–Trinajstić information content (AvgIpc) is 2.64. The minimum Gasteiger partial charge on any atom is -0.388 e. The monoisotopic (exact) mass is 258 g/mol. The minimum atomic E-state index is -0.411. The molecule has 0 amide bonds. The molecule has 102 valence electrons. The number of aliphatic hydroxyl groups is 1. The van der Waals surface area contributed by atoms with E-state index < -0.39 is 6.10 Å². The van der Waals surface area contributed by atoms with Crippen LogP contribution < -0.4 is 0 Å². The fourth-order valence-corrected chi connectivity index (χ4v) is 2.53. The molecule has 0 saturated carbocycles. The predicted molar refractivity (Wildman–Crippen MR) is 77.2 cm³/mol. The maximum absolute atomic E-state index is 10.1. The maximum Gasteiger partial charge on any atom is 0.0823 e. The SMILES string of the molecule is CCC(O)c1c(C)nn(Cc2cccc(C)c2)c1C. The Morgan fingerprint density at radius 2 is 2.00 bits per heavy atom. The van der Waals surface area contributed by atoms with Crippen LogP contribution in [0.4, 0.5) is 0 Å². The average molecular weight is 258 g/mol. The first-order chi connectivity index (χ1) is 9.02. The molecule has 1 unspecified atom stereocenters. The van der Waals surface area contributed by atoms with E-state index in [9.17, 15) is 5.11 Å². The molecule has 1 atom stereocenters. The normalized spacial score (nSPS) is 12.7. The Labute approximate surface area is 114 Å². The van der Waals surface area contributed by atoms with Gasteiger partial charge in [0.15, 0.2) is 0 Å². The van der Waals surface area contributed by atoms with E-state index in [1.54, 1.807) is 0 Å². The van der Waals surface area contributed by atoms with Gasteiger partial charge in [-0.25, -0.2) is 0 Å². The van der Waals surface area contributed by atoms with E-state index in [1.165, 1.54) is 11.1 Å². The number of aliphatic hydroxyl groups excluding tert-OH is 1. The zero-order valence-corrected chi connectivity index (χ0v) is 12.1. The molecule has 0 fully saturated rings. The summed E-state index contributed by atoms with van der Waals surface area (Å²) in [5, 5.41) is 14.6. The molecular weight excluding hydrogens is 236 g/mol. The quantitative estimate of drug-likeness (QED) is 0.913. The summed E-state index contributed by atoms with van der Waals surface area (Å²) in [6.07, 6.45) is 0.309. The summed E-state index contributed by atoms with van der Waals surface area (Å²) in [6, 6.07) is 8.45. The van der Waals surface area contributed by atoms with Gasteiger partial charge in [-0.2, -0.15) is 5.10 Å². The van der Waals surface area contributed by atoms with Crippen molar-refractivity contribution in [2.45, 2.75) is 46.8 Å². The molecule has 3 heteroatoms. The molecule has 1 N–H and O–H groups in total. The molecule has 2 aromatic rings. The number of benzene rings is 1. The van der Waals surface area contributed by atoms with Crippen LogP contribution in [0.15, 0.2) is 24.3 Å². The van der Waals surface area contributed by atoms with E-state index in [0.717, 1.165) is 29.9 Å². The van der Waals surface area contributed by atoms with Crippen LogP contribution in [-0.4, -0.2) is 14.9 Å². The van der Waals surface area contributed by atoms with Crippen LogP contribution in [0.25, 0.3) is 0 Å². The molecule has 3 nitrogen and oxygen atoms in total. The second-order valence-corrected chi connectivity index (χ2v) is 5.16. The highest BCUT2D eigenvalue weighted by atomic mass is 16.3. The lowest BCUT2D eigenvalue weighted by atomic mass is 10.1. The van der Waals surface area contributed by atoms with Gasteiger partial charge < -0.3 is 5.11 Å². The van der Waals surface area contributed by atoms with E-state index in [1.807, 2.05) is 25.5 Å². The van der Waals surface area contributed by atoms with Crippen LogP contribution in [0, 0.1) is 20.8 Å². The van der Waals surface area contributed by atoms with Crippen molar-refractivity contribution < 1.29 is 5.11 Å². The first-order valence-corrected chi connectivity index (χ1v) is 6.80. The summed E-state index contributed by atoms with van der Waals surface area (Å²) < 4.78 is 1.98. The Bertz CT molecular complexity index is 572. The third kappa shape index (κ3) is 2.87.